The van der Waals surface area contributed by atoms with Gasteiger partial charge in [-0.3, -0.25) is 4.79 Å². The van der Waals surface area contributed by atoms with Crippen LogP contribution in [-0.2, 0) is 9.53 Å². The van der Waals surface area contributed by atoms with E-state index in [2.05, 4.69) is 15.2 Å². The van der Waals surface area contributed by atoms with E-state index in [4.69, 9.17) is 10.5 Å². The van der Waals surface area contributed by atoms with Gasteiger partial charge in [0.1, 0.15) is 5.25 Å². The number of nitrogens with zero attached hydrogens (tertiary/aromatic N) is 3. The number of aromatic nitrogens is 3. The number of carbonyl (C=O) groups excluding carboxylic acids is 1. The lowest BCUT2D eigenvalue weighted by molar-refractivity contribution is -0.134. The minimum Gasteiger partial charge on any atom is -0.378 e. The van der Waals surface area contributed by atoms with Gasteiger partial charge < -0.3 is 15.4 Å². The number of aromatic amines is 1. The van der Waals surface area contributed by atoms with Crippen molar-refractivity contribution in [3.8, 4) is 0 Å². The molecule has 0 radical (unpaired) electrons. The van der Waals surface area contributed by atoms with Gasteiger partial charge in [0.05, 0.1) is 13.2 Å². The molecule has 0 unspecified atom stereocenters. The van der Waals surface area contributed by atoms with Gasteiger partial charge in [-0.1, -0.05) is 42.1 Å². The predicted molar refractivity (Wildman–Crippen MR) is 83.2 cm³/mol. The van der Waals surface area contributed by atoms with E-state index in [0.29, 0.717) is 31.5 Å². The number of carbonyl (C=O) groups is 1. The molecule has 3 rings (SSSR count). The Morgan fingerprint density at radius 2 is 2.05 bits per heavy atom. The molecule has 1 amide bonds. The smallest absolute Gasteiger partial charge is 0.240 e. The highest BCUT2D eigenvalue weighted by Crippen LogP contribution is 2.35. The summed E-state index contributed by atoms with van der Waals surface area (Å²) in [5.74, 6) is 0.288. The summed E-state index contributed by atoms with van der Waals surface area (Å²) >= 11 is 1.30. The van der Waals surface area contributed by atoms with E-state index in [9.17, 15) is 4.79 Å². The van der Waals surface area contributed by atoms with Gasteiger partial charge in [-0.25, -0.2) is 5.10 Å². The van der Waals surface area contributed by atoms with E-state index in [1.165, 1.54) is 11.8 Å². The number of H-pyrrole nitrogens is 1. The maximum absolute atomic E-state index is 12.9. The largest absolute Gasteiger partial charge is 0.378 e. The Hall–Kier alpha value is -2.06. The van der Waals surface area contributed by atoms with Crippen molar-refractivity contribution in [2.24, 2.45) is 0 Å². The molecule has 3 N–H and O–H groups in total. The van der Waals surface area contributed by atoms with Crippen LogP contribution in [0.2, 0.25) is 0 Å². The zero-order valence-corrected chi connectivity index (χ0v) is 12.8. The highest BCUT2D eigenvalue weighted by atomic mass is 32.2. The summed E-state index contributed by atoms with van der Waals surface area (Å²) in [6.07, 6.45) is 0. The summed E-state index contributed by atoms with van der Waals surface area (Å²) in [6.45, 7) is 2.37. The van der Waals surface area contributed by atoms with Crippen LogP contribution in [0, 0.1) is 0 Å². The molecule has 1 saturated heterocycles. The first kappa shape index (κ1) is 14.9. The van der Waals surface area contributed by atoms with Crippen molar-refractivity contribution in [3.05, 3.63) is 35.9 Å². The standard InChI is InChI=1S/C14H17N5O2S/c15-13-16-14(18-17-13)22-11(10-4-2-1-3-5-10)12(20)19-6-8-21-9-7-19/h1-5,11H,6-9H2,(H3,15,16,17,18)/t11-/m1/s1. The Morgan fingerprint density at radius 1 is 1.32 bits per heavy atom. The molecule has 1 fully saturated rings. The van der Waals surface area contributed by atoms with Crippen LogP contribution < -0.4 is 5.73 Å². The number of rotatable bonds is 4. The fraction of sp³-hybridized carbons (Fsp3) is 0.357. The molecule has 1 aromatic heterocycles. The number of benzene rings is 1. The summed E-state index contributed by atoms with van der Waals surface area (Å²) in [5.41, 5.74) is 6.48. The number of anilines is 1. The molecule has 2 heterocycles. The molecule has 116 valence electrons. The van der Waals surface area contributed by atoms with Crippen LogP contribution in [0.4, 0.5) is 5.95 Å². The molecule has 1 aromatic carbocycles. The highest BCUT2D eigenvalue weighted by molar-refractivity contribution is 8.00. The van der Waals surface area contributed by atoms with Crippen LogP contribution in [0.25, 0.3) is 0 Å². The Morgan fingerprint density at radius 3 is 2.68 bits per heavy atom. The lowest BCUT2D eigenvalue weighted by Crippen LogP contribution is -2.42. The maximum Gasteiger partial charge on any atom is 0.240 e. The van der Waals surface area contributed by atoms with Gasteiger partial charge >= 0.3 is 0 Å². The second-order valence-electron chi connectivity index (χ2n) is 4.85. The zero-order chi connectivity index (χ0) is 15.4. The quantitative estimate of drug-likeness (QED) is 0.819. The van der Waals surface area contributed by atoms with E-state index in [1.807, 2.05) is 35.2 Å². The van der Waals surface area contributed by atoms with Crippen LogP contribution in [0.15, 0.2) is 35.5 Å². The van der Waals surface area contributed by atoms with Gasteiger partial charge in [0.15, 0.2) is 0 Å². The number of nitrogens with two attached hydrogens (primary N) is 1. The summed E-state index contributed by atoms with van der Waals surface area (Å²) in [4.78, 5) is 18.8. The number of hydrogen-bond acceptors (Lipinski definition) is 6. The minimum atomic E-state index is -0.394. The molecule has 0 saturated carbocycles. The van der Waals surface area contributed by atoms with E-state index in [0.717, 1.165) is 5.56 Å². The van der Waals surface area contributed by atoms with Crippen LogP contribution in [0.3, 0.4) is 0 Å². The summed E-state index contributed by atoms with van der Waals surface area (Å²) in [6, 6.07) is 9.64. The topological polar surface area (TPSA) is 97.1 Å². The Bertz CT molecular complexity index is 627. The minimum absolute atomic E-state index is 0.0443. The molecule has 1 aliphatic rings. The maximum atomic E-state index is 12.9. The first-order valence-electron chi connectivity index (χ1n) is 7.00. The van der Waals surface area contributed by atoms with Crippen molar-refractivity contribution in [2.45, 2.75) is 10.4 Å². The zero-order valence-electron chi connectivity index (χ0n) is 11.9. The normalized spacial score (nSPS) is 16.5. The van der Waals surface area contributed by atoms with Gasteiger partial charge in [-0.15, -0.1) is 5.10 Å². The highest BCUT2D eigenvalue weighted by Gasteiger charge is 2.29. The molecular formula is C14H17N5O2S. The number of amides is 1. The molecular weight excluding hydrogens is 302 g/mol. The molecule has 7 nitrogen and oxygen atoms in total. The van der Waals surface area contributed by atoms with Crippen molar-refractivity contribution in [1.82, 2.24) is 20.1 Å². The third-order valence-corrected chi connectivity index (χ3v) is 4.46. The van der Waals surface area contributed by atoms with Crippen LogP contribution in [-0.4, -0.2) is 52.3 Å². The second-order valence-corrected chi connectivity index (χ2v) is 5.92. The molecule has 22 heavy (non-hydrogen) atoms. The van der Waals surface area contributed by atoms with Crippen molar-refractivity contribution < 1.29 is 9.53 Å². The number of ether oxygens (including phenoxy) is 1. The number of nitrogen functional groups attached to an aromatic ring is 1. The summed E-state index contributed by atoms with van der Waals surface area (Å²) in [5, 5.41) is 6.68. The molecule has 0 aliphatic carbocycles. The second kappa shape index (κ2) is 6.80. The van der Waals surface area contributed by atoms with E-state index in [1.54, 1.807) is 0 Å². The first-order valence-corrected chi connectivity index (χ1v) is 7.88. The van der Waals surface area contributed by atoms with Crippen LogP contribution in [0.5, 0.6) is 0 Å². The van der Waals surface area contributed by atoms with Crippen molar-refractivity contribution in [3.63, 3.8) is 0 Å². The van der Waals surface area contributed by atoms with Crippen LogP contribution in [0.1, 0.15) is 10.8 Å². The van der Waals surface area contributed by atoms with Gasteiger partial charge in [-0.05, 0) is 5.56 Å². The Kier molecular flexibility index (Phi) is 4.59. The Labute approximate surface area is 132 Å². The van der Waals surface area contributed by atoms with Gasteiger partial charge in [0.2, 0.25) is 17.0 Å². The summed E-state index contributed by atoms with van der Waals surface area (Å²) in [7, 11) is 0. The van der Waals surface area contributed by atoms with Crippen molar-refractivity contribution >= 4 is 23.6 Å². The average Bonchev–Trinajstić information content (AvgIpc) is 2.99. The van der Waals surface area contributed by atoms with Gasteiger partial charge in [0, 0.05) is 13.1 Å². The van der Waals surface area contributed by atoms with E-state index in [-0.39, 0.29) is 11.9 Å². The fourth-order valence-corrected chi connectivity index (χ4v) is 3.26. The van der Waals surface area contributed by atoms with Crippen molar-refractivity contribution in [2.75, 3.05) is 32.0 Å². The molecule has 1 atom stereocenters. The third kappa shape index (κ3) is 3.40. The van der Waals surface area contributed by atoms with E-state index >= 15 is 0 Å². The molecule has 8 heteroatoms. The average molecular weight is 319 g/mol. The Balaban J connectivity index is 1.83. The number of nitrogens with one attached hydrogen (secondary N) is 1. The molecule has 0 bridgehead atoms. The third-order valence-electron chi connectivity index (χ3n) is 3.35. The number of thioether (sulfide) groups is 1. The van der Waals surface area contributed by atoms with Gasteiger partial charge in [0.25, 0.3) is 0 Å². The monoisotopic (exact) mass is 319 g/mol. The molecule has 2 aromatic rings. The van der Waals surface area contributed by atoms with E-state index < -0.39 is 5.25 Å². The lowest BCUT2D eigenvalue weighted by atomic mass is 10.1. The fourth-order valence-electron chi connectivity index (χ4n) is 2.25. The predicted octanol–water partition coefficient (Wildman–Crippen LogP) is 1.08. The van der Waals surface area contributed by atoms with Gasteiger partial charge in [-0.2, -0.15) is 4.98 Å². The number of morpholine rings is 1. The summed E-state index contributed by atoms with van der Waals surface area (Å²) < 4.78 is 5.31. The first-order chi connectivity index (χ1) is 10.7. The lowest BCUT2D eigenvalue weighted by Gasteiger charge is -2.30. The molecule has 0 spiro atoms. The SMILES string of the molecule is Nc1nc(S[C@@H](C(=O)N2CCOCC2)c2ccccc2)n[nH]1. The van der Waals surface area contributed by atoms with Crippen LogP contribution >= 0.6 is 11.8 Å². The number of hydrogen-bond donors (Lipinski definition) is 2. The van der Waals surface area contributed by atoms with Crippen molar-refractivity contribution in [1.29, 1.82) is 0 Å². The molecule has 1 aliphatic heterocycles.